The molecule has 2 fully saturated rings. The zero-order valence-electron chi connectivity index (χ0n) is 8.78. The normalized spacial score (nSPS) is 34.6. The average molecular weight is 196 g/mol. The van der Waals surface area contributed by atoms with Gasteiger partial charge in [-0.1, -0.05) is 18.9 Å². The molecule has 0 unspecified atom stereocenters. The molecular formula is C12H20O2. The molecule has 1 saturated heterocycles. The minimum atomic E-state index is 0.0836. The molecule has 0 amide bonds. The number of allylic oxidation sites excluding steroid dienone is 1. The lowest BCUT2D eigenvalue weighted by molar-refractivity contribution is -0.108. The van der Waals surface area contributed by atoms with E-state index >= 15 is 0 Å². The third-order valence-electron chi connectivity index (χ3n) is 3.43. The van der Waals surface area contributed by atoms with Crippen molar-refractivity contribution in [3.63, 3.8) is 0 Å². The van der Waals surface area contributed by atoms with Crippen LogP contribution in [0.3, 0.4) is 0 Å². The Hall–Kier alpha value is -0.340. The number of rotatable bonds is 3. The van der Waals surface area contributed by atoms with Gasteiger partial charge in [-0.05, 0) is 25.2 Å². The Kier molecular flexibility index (Phi) is 3.60. The highest BCUT2D eigenvalue weighted by atomic mass is 16.7. The summed E-state index contributed by atoms with van der Waals surface area (Å²) in [5.41, 5.74) is 0. The Labute approximate surface area is 86.3 Å². The second kappa shape index (κ2) is 4.94. The highest BCUT2D eigenvalue weighted by Crippen LogP contribution is 2.37. The van der Waals surface area contributed by atoms with E-state index < -0.39 is 0 Å². The van der Waals surface area contributed by atoms with Crippen LogP contribution in [0.2, 0.25) is 0 Å². The van der Waals surface area contributed by atoms with Crippen molar-refractivity contribution in [3.05, 3.63) is 12.7 Å². The Morgan fingerprint density at radius 2 is 1.86 bits per heavy atom. The summed E-state index contributed by atoms with van der Waals surface area (Å²) in [6, 6.07) is 0. The summed E-state index contributed by atoms with van der Waals surface area (Å²) in [6.45, 7) is 5.39. The van der Waals surface area contributed by atoms with Gasteiger partial charge in [-0.15, -0.1) is 6.58 Å². The zero-order chi connectivity index (χ0) is 9.80. The van der Waals surface area contributed by atoms with Gasteiger partial charge in [-0.25, -0.2) is 0 Å². The van der Waals surface area contributed by atoms with Crippen LogP contribution in [0, 0.1) is 11.8 Å². The molecular weight excluding hydrogens is 176 g/mol. The number of ether oxygens (including phenoxy) is 2. The van der Waals surface area contributed by atoms with E-state index in [1.165, 1.54) is 25.7 Å². The molecule has 0 radical (unpaired) electrons. The lowest BCUT2D eigenvalue weighted by Gasteiger charge is -2.33. The minimum absolute atomic E-state index is 0.0836. The fourth-order valence-electron chi connectivity index (χ4n) is 2.73. The summed E-state index contributed by atoms with van der Waals surface area (Å²) in [5, 5.41) is 0. The van der Waals surface area contributed by atoms with Gasteiger partial charge >= 0.3 is 0 Å². The molecule has 14 heavy (non-hydrogen) atoms. The predicted molar refractivity (Wildman–Crippen MR) is 56.0 cm³/mol. The summed E-state index contributed by atoms with van der Waals surface area (Å²) < 4.78 is 11.2. The zero-order valence-corrected chi connectivity index (χ0v) is 8.78. The van der Waals surface area contributed by atoms with Crippen LogP contribution in [0.5, 0.6) is 0 Å². The molecule has 0 aromatic carbocycles. The molecule has 80 valence electrons. The van der Waals surface area contributed by atoms with Crippen LogP contribution in [0.1, 0.15) is 32.1 Å². The lowest BCUT2D eigenvalue weighted by Crippen LogP contribution is -2.31. The van der Waals surface area contributed by atoms with Crippen LogP contribution in [-0.2, 0) is 9.47 Å². The standard InChI is InChI=1S/C12H20O2/c1-2-5-10-6-3-4-7-11(10)12-13-8-9-14-12/h2,10-12H,1,3-9H2/t10-,11-/m1/s1. The van der Waals surface area contributed by atoms with Crippen LogP contribution in [0.25, 0.3) is 0 Å². The molecule has 1 heterocycles. The Balaban J connectivity index is 1.94. The van der Waals surface area contributed by atoms with Crippen molar-refractivity contribution in [1.82, 2.24) is 0 Å². The molecule has 2 rings (SSSR count). The van der Waals surface area contributed by atoms with Crippen LogP contribution in [0.15, 0.2) is 12.7 Å². The molecule has 0 spiro atoms. The first-order valence-corrected chi connectivity index (χ1v) is 5.76. The van der Waals surface area contributed by atoms with E-state index in [4.69, 9.17) is 9.47 Å². The first-order chi connectivity index (χ1) is 6.92. The summed E-state index contributed by atoms with van der Waals surface area (Å²) in [4.78, 5) is 0. The molecule has 0 aromatic rings. The van der Waals surface area contributed by atoms with Crippen LogP contribution < -0.4 is 0 Å². The summed E-state index contributed by atoms with van der Waals surface area (Å²) >= 11 is 0. The predicted octanol–water partition coefficient (Wildman–Crippen LogP) is 2.74. The third-order valence-corrected chi connectivity index (χ3v) is 3.43. The van der Waals surface area contributed by atoms with Crippen molar-refractivity contribution < 1.29 is 9.47 Å². The number of hydrogen-bond donors (Lipinski definition) is 0. The van der Waals surface area contributed by atoms with E-state index in [0.29, 0.717) is 5.92 Å². The van der Waals surface area contributed by atoms with Crippen molar-refractivity contribution in [2.24, 2.45) is 11.8 Å². The monoisotopic (exact) mass is 196 g/mol. The maximum atomic E-state index is 5.61. The van der Waals surface area contributed by atoms with Gasteiger partial charge in [0, 0.05) is 5.92 Å². The Morgan fingerprint density at radius 3 is 2.57 bits per heavy atom. The SMILES string of the molecule is C=CC[C@@H]1CCCC[C@H]1C1OCCO1. The van der Waals surface area contributed by atoms with Crippen LogP contribution in [-0.4, -0.2) is 19.5 Å². The molecule has 0 N–H and O–H groups in total. The highest BCUT2D eigenvalue weighted by Gasteiger charge is 2.34. The summed E-state index contributed by atoms with van der Waals surface area (Å²) in [5.74, 6) is 1.36. The third kappa shape index (κ3) is 2.18. The van der Waals surface area contributed by atoms with Gasteiger partial charge in [0.05, 0.1) is 13.2 Å². The molecule has 1 aliphatic heterocycles. The maximum absolute atomic E-state index is 5.61. The van der Waals surface area contributed by atoms with E-state index in [2.05, 4.69) is 6.58 Å². The van der Waals surface area contributed by atoms with Gasteiger partial charge in [-0.3, -0.25) is 0 Å². The van der Waals surface area contributed by atoms with Gasteiger partial charge in [0.25, 0.3) is 0 Å². The fourth-order valence-corrected chi connectivity index (χ4v) is 2.73. The largest absolute Gasteiger partial charge is 0.350 e. The molecule has 0 bridgehead atoms. The van der Waals surface area contributed by atoms with E-state index in [9.17, 15) is 0 Å². The van der Waals surface area contributed by atoms with Crippen LogP contribution >= 0.6 is 0 Å². The van der Waals surface area contributed by atoms with Crippen molar-refractivity contribution in [2.75, 3.05) is 13.2 Å². The van der Waals surface area contributed by atoms with E-state index in [1.807, 2.05) is 6.08 Å². The smallest absolute Gasteiger partial charge is 0.160 e. The second-order valence-corrected chi connectivity index (χ2v) is 4.34. The molecule has 2 nitrogen and oxygen atoms in total. The fraction of sp³-hybridized carbons (Fsp3) is 0.833. The van der Waals surface area contributed by atoms with Gasteiger partial charge < -0.3 is 9.47 Å². The van der Waals surface area contributed by atoms with Gasteiger partial charge in [-0.2, -0.15) is 0 Å². The molecule has 1 aliphatic carbocycles. The molecule has 2 heteroatoms. The first-order valence-electron chi connectivity index (χ1n) is 5.76. The van der Waals surface area contributed by atoms with E-state index in [1.54, 1.807) is 0 Å². The van der Waals surface area contributed by atoms with E-state index in [-0.39, 0.29) is 6.29 Å². The number of hydrogen-bond acceptors (Lipinski definition) is 2. The Morgan fingerprint density at radius 1 is 1.14 bits per heavy atom. The van der Waals surface area contributed by atoms with Crippen molar-refractivity contribution >= 4 is 0 Å². The molecule has 2 atom stereocenters. The van der Waals surface area contributed by atoms with Crippen molar-refractivity contribution in [1.29, 1.82) is 0 Å². The highest BCUT2D eigenvalue weighted by molar-refractivity contribution is 4.84. The summed E-state index contributed by atoms with van der Waals surface area (Å²) in [7, 11) is 0. The minimum Gasteiger partial charge on any atom is -0.350 e. The lowest BCUT2D eigenvalue weighted by atomic mass is 9.77. The molecule has 1 saturated carbocycles. The second-order valence-electron chi connectivity index (χ2n) is 4.34. The topological polar surface area (TPSA) is 18.5 Å². The van der Waals surface area contributed by atoms with Gasteiger partial charge in [0.2, 0.25) is 0 Å². The molecule has 2 aliphatic rings. The van der Waals surface area contributed by atoms with Gasteiger partial charge in [0.1, 0.15) is 0 Å². The summed E-state index contributed by atoms with van der Waals surface area (Å²) in [6.07, 6.45) is 8.53. The van der Waals surface area contributed by atoms with Crippen molar-refractivity contribution in [2.45, 2.75) is 38.4 Å². The molecule has 0 aromatic heterocycles. The van der Waals surface area contributed by atoms with Crippen LogP contribution in [0.4, 0.5) is 0 Å². The average Bonchev–Trinajstić information content (AvgIpc) is 2.72. The first kappa shape index (κ1) is 10.2. The Bertz CT molecular complexity index is 185. The van der Waals surface area contributed by atoms with Gasteiger partial charge in [0.15, 0.2) is 6.29 Å². The van der Waals surface area contributed by atoms with Crippen molar-refractivity contribution in [3.8, 4) is 0 Å². The van der Waals surface area contributed by atoms with E-state index in [0.717, 1.165) is 25.6 Å². The maximum Gasteiger partial charge on any atom is 0.160 e. The quantitative estimate of drug-likeness (QED) is 0.646.